The third-order valence-corrected chi connectivity index (χ3v) is 3.04. The van der Waals surface area contributed by atoms with Crippen molar-refractivity contribution in [2.45, 2.75) is 46.0 Å². The lowest BCUT2D eigenvalue weighted by Crippen LogP contribution is -2.12. The highest BCUT2D eigenvalue weighted by molar-refractivity contribution is 6.13. The van der Waals surface area contributed by atoms with E-state index in [0.29, 0.717) is 12.2 Å². The Hall–Kier alpha value is -1.22. The Balaban J connectivity index is 3.02. The number of halogens is 1. The number of carbonyl (C=O) groups excluding carboxylic acids is 1. The molecule has 100 valence electrons. The van der Waals surface area contributed by atoms with Gasteiger partial charge in [-0.25, -0.2) is 0 Å². The van der Waals surface area contributed by atoms with E-state index in [4.69, 9.17) is 11.9 Å². The first-order chi connectivity index (χ1) is 8.25. The molecule has 0 aromatic heterocycles. The van der Waals surface area contributed by atoms with Crippen LogP contribution in [0.3, 0.4) is 0 Å². The molecule has 4 heteroatoms. The van der Waals surface area contributed by atoms with Gasteiger partial charge in [0.05, 0.1) is 6.42 Å². The van der Waals surface area contributed by atoms with Gasteiger partial charge in [-0.05, 0) is 35.4 Å². The number of aromatic hydroxyl groups is 1. The van der Waals surface area contributed by atoms with Gasteiger partial charge < -0.3 is 9.40 Å². The van der Waals surface area contributed by atoms with E-state index in [1.54, 1.807) is 0 Å². The number of hydrogen-bond donors (Lipinski definition) is 1. The first kappa shape index (κ1) is 14.8. The Bertz CT molecular complexity index is 447. The highest BCUT2D eigenvalue weighted by Gasteiger charge is 2.20. The summed E-state index contributed by atoms with van der Waals surface area (Å²) >= 11 is 4.99. The predicted molar refractivity (Wildman–Crippen MR) is 71.8 cm³/mol. The fourth-order valence-electron chi connectivity index (χ4n) is 1.86. The van der Waals surface area contributed by atoms with Crippen LogP contribution in [-0.4, -0.2) is 11.1 Å². The van der Waals surface area contributed by atoms with Crippen molar-refractivity contribution >= 4 is 17.8 Å². The fourth-order valence-corrected chi connectivity index (χ4v) is 1.93. The van der Waals surface area contributed by atoms with Gasteiger partial charge in [-0.3, -0.25) is 4.79 Å². The molecule has 1 aromatic carbocycles. The first-order valence-electron chi connectivity index (χ1n) is 5.90. The quantitative estimate of drug-likeness (QED) is 0.912. The minimum absolute atomic E-state index is 0.141. The van der Waals surface area contributed by atoms with Crippen molar-refractivity contribution < 1.29 is 14.2 Å². The van der Waals surface area contributed by atoms with Crippen molar-refractivity contribution in [1.82, 2.24) is 0 Å². The first-order valence-corrected chi connectivity index (χ1v) is 6.21. The lowest BCUT2D eigenvalue weighted by molar-refractivity contribution is -0.133. The Morgan fingerprint density at radius 1 is 1.39 bits per heavy atom. The summed E-state index contributed by atoms with van der Waals surface area (Å²) in [6, 6.07) is 3.82. The van der Waals surface area contributed by atoms with Crippen LogP contribution in [0, 0.1) is 6.92 Å². The zero-order valence-electron chi connectivity index (χ0n) is 11.2. The minimum Gasteiger partial charge on any atom is -0.507 e. The van der Waals surface area contributed by atoms with Crippen LogP contribution in [0.2, 0.25) is 0 Å². The lowest BCUT2D eigenvalue weighted by atomic mass is 9.83. The Morgan fingerprint density at radius 2 is 2.00 bits per heavy atom. The van der Waals surface area contributed by atoms with E-state index in [-0.39, 0.29) is 11.8 Å². The summed E-state index contributed by atoms with van der Waals surface area (Å²) in [5.74, 6) is -0.120. The highest BCUT2D eigenvalue weighted by Crippen LogP contribution is 2.34. The number of carbonyl (C=O) groups is 1. The molecule has 1 aromatic rings. The third kappa shape index (κ3) is 3.64. The molecule has 0 saturated carbocycles. The van der Waals surface area contributed by atoms with E-state index in [1.807, 2.05) is 39.8 Å². The van der Waals surface area contributed by atoms with Crippen molar-refractivity contribution in [3.63, 3.8) is 0 Å². The molecule has 0 aliphatic rings. The average Bonchev–Trinajstić information content (AvgIpc) is 2.28. The van der Waals surface area contributed by atoms with Gasteiger partial charge >= 0.3 is 5.97 Å². The summed E-state index contributed by atoms with van der Waals surface area (Å²) in [5.41, 5.74) is 2.56. The Morgan fingerprint density at radius 3 is 2.50 bits per heavy atom. The maximum absolute atomic E-state index is 11.0. The summed E-state index contributed by atoms with van der Waals surface area (Å²) in [5, 5.41) is 10.1. The topological polar surface area (TPSA) is 46.5 Å². The van der Waals surface area contributed by atoms with Crippen LogP contribution < -0.4 is 0 Å². The molecule has 0 amide bonds. The van der Waals surface area contributed by atoms with Gasteiger partial charge in [-0.1, -0.05) is 32.9 Å². The highest BCUT2D eigenvalue weighted by atomic mass is 35.5. The number of benzene rings is 1. The van der Waals surface area contributed by atoms with Gasteiger partial charge in [0.15, 0.2) is 0 Å². The summed E-state index contributed by atoms with van der Waals surface area (Å²) in [4.78, 5) is 11.0. The van der Waals surface area contributed by atoms with E-state index < -0.39 is 5.97 Å². The molecule has 1 rings (SSSR count). The van der Waals surface area contributed by atoms with E-state index in [1.165, 1.54) is 0 Å². The van der Waals surface area contributed by atoms with E-state index in [2.05, 4.69) is 4.29 Å². The molecule has 0 heterocycles. The molecule has 0 atom stereocenters. The van der Waals surface area contributed by atoms with Gasteiger partial charge in [0, 0.05) is 0 Å². The molecule has 1 N–H and O–H groups in total. The van der Waals surface area contributed by atoms with Crippen molar-refractivity contribution in [3.8, 4) is 5.75 Å². The van der Waals surface area contributed by atoms with Gasteiger partial charge in [-0.2, -0.15) is 0 Å². The summed E-state index contributed by atoms with van der Waals surface area (Å²) in [6.45, 7) is 7.98. The third-order valence-electron chi connectivity index (χ3n) is 2.87. The molecule has 3 nitrogen and oxygen atoms in total. The van der Waals surface area contributed by atoms with E-state index in [0.717, 1.165) is 16.7 Å². The molecule has 0 aliphatic heterocycles. The largest absolute Gasteiger partial charge is 0.507 e. The molecule has 0 radical (unpaired) electrons. The lowest BCUT2D eigenvalue weighted by Gasteiger charge is -2.22. The second kappa shape index (κ2) is 5.61. The molecule has 0 unspecified atom stereocenters. The van der Waals surface area contributed by atoms with Crippen LogP contribution in [-0.2, 0) is 20.9 Å². The maximum Gasteiger partial charge on any atom is 0.325 e. The van der Waals surface area contributed by atoms with Crippen molar-refractivity contribution in [2.24, 2.45) is 0 Å². The fraction of sp³-hybridized carbons (Fsp3) is 0.500. The molecular formula is C14H19ClO3. The van der Waals surface area contributed by atoms with Gasteiger partial charge in [-0.15, -0.1) is 0 Å². The SMILES string of the molecule is Cc1cc(CCC(=O)OCl)cc(C(C)(C)C)c1O. The molecular weight excluding hydrogens is 252 g/mol. The van der Waals surface area contributed by atoms with Gasteiger partial charge in [0.25, 0.3) is 0 Å². The summed E-state index contributed by atoms with van der Waals surface area (Å²) < 4.78 is 4.11. The summed E-state index contributed by atoms with van der Waals surface area (Å²) in [7, 11) is 0. The van der Waals surface area contributed by atoms with E-state index in [9.17, 15) is 9.90 Å². The van der Waals surface area contributed by atoms with Crippen LogP contribution >= 0.6 is 11.9 Å². The second-order valence-corrected chi connectivity index (χ2v) is 5.66. The Kier molecular flexibility index (Phi) is 4.63. The standard InChI is InChI=1S/C14H19ClO3/c1-9-7-10(5-6-12(16)18-15)8-11(13(9)17)14(2,3)4/h7-8,17H,5-6H2,1-4H3. The number of rotatable bonds is 3. The van der Waals surface area contributed by atoms with Crippen molar-refractivity contribution in [1.29, 1.82) is 0 Å². The zero-order valence-corrected chi connectivity index (χ0v) is 12.0. The minimum atomic E-state index is -0.445. The zero-order chi connectivity index (χ0) is 13.9. The van der Waals surface area contributed by atoms with Crippen LogP contribution in [0.4, 0.5) is 0 Å². The van der Waals surface area contributed by atoms with Crippen LogP contribution in [0.1, 0.15) is 43.9 Å². The monoisotopic (exact) mass is 270 g/mol. The number of phenols is 1. The number of phenolic OH excluding ortho intramolecular Hbond substituents is 1. The maximum atomic E-state index is 11.0. The van der Waals surface area contributed by atoms with Gasteiger partial charge in [0.2, 0.25) is 0 Å². The normalized spacial score (nSPS) is 11.4. The molecule has 0 bridgehead atoms. The average molecular weight is 271 g/mol. The number of hydrogen-bond acceptors (Lipinski definition) is 3. The summed E-state index contributed by atoms with van der Waals surface area (Å²) in [6.07, 6.45) is 0.785. The molecule has 0 fully saturated rings. The van der Waals surface area contributed by atoms with Crippen LogP contribution in [0.5, 0.6) is 5.75 Å². The van der Waals surface area contributed by atoms with Crippen LogP contribution in [0.25, 0.3) is 0 Å². The van der Waals surface area contributed by atoms with Crippen molar-refractivity contribution in [3.05, 3.63) is 28.8 Å². The molecule has 18 heavy (non-hydrogen) atoms. The predicted octanol–water partition coefficient (Wildman–Crippen LogP) is 3.63. The van der Waals surface area contributed by atoms with E-state index >= 15 is 0 Å². The Labute approximate surface area is 113 Å². The number of aryl methyl sites for hydroxylation is 2. The smallest absolute Gasteiger partial charge is 0.325 e. The molecule has 0 aliphatic carbocycles. The second-order valence-electron chi connectivity index (χ2n) is 5.51. The molecule has 0 saturated heterocycles. The molecule has 0 spiro atoms. The van der Waals surface area contributed by atoms with Crippen molar-refractivity contribution in [2.75, 3.05) is 0 Å². The van der Waals surface area contributed by atoms with Crippen LogP contribution in [0.15, 0.2) is 12.1 Å². The van der Waals surface area contributed by atoms with Gasteiger partial charge in [0.1, 0.15) is 17.6 Å².